The van der Waals surface area contributed by atoms with Crippen LogP contribution in [0, 0.1) is 11.8 Å². The zero-order chi connectivity index (χ0) is 19.4. The largest absolute Gasteiger partial charge is 0.322 e. The zero-order valence-electron chi connectivity index (χ0n) is 14.7. The Hall–Kier alpha value is -2.65. The van der Waals surface area contributed by atoms with Crippen LogP contribution in [0.2, 0.25) is 5.02 Å². The highest BCUT2D eigenvalue weighted by molar-refractivity contribution is 6.31. The predicted molar refractivity (Wildman–Crippen MR) is 98.9 cm³/mol. The molecule has 0 saturated carbocycles. The summed E-state index contributed by atoms with van der Waals surface area (Å²) in [5.74, 6) is 5.11. The summed E-state index contributed by atoms with van der Waals surface area (Å²) in [4.78, 5) is 48.1. The number of nitrogens with zero attached hydrogens (tertiary/aromatic N) is 1. The van der Waals surface area contributed by atoms with Crippen molar-refractivity contribution >= 4 is 35.6 Å². The number of carbonyl (C=O) groups excluding carboxylic acids is 4. The van der Waals surface area contributed by atoms with Gasteiger partial charge in [-0.05, 0) is 37.0 Å². The molecule has 1 fully saturated rings. The normalized spacial score (nSPS) is 18.6. The van der Waals surface area contributed by atoms with E-state index in [0.717, 1.165) is 24.7 Å². The number of fused-ring (bicyclic) bond motifs is 1. The highest BCUT2D eigenvalue weighted by Crippen LogP contribution is 2.32. The molecule has 1 aromatic rings. The second-order valence-electron chi connectivity index (χ2n) is 6.59. The maximum atomic E-state index is 12.8. The van der Waals surface area contributed by atoms with Gasteiger partial charge in [-0.2, -0.15) is 0 Å². The van der Waals surface area contributed by atoms with Crippen molar-refractivity contribution in [2.24, 2.45) is 0 Å². The number of hydrogen-bond acceptors (Lipinski definition) is 4. The van der Waals surface area contributed by atoms with Gasteiger partial charge in [-0.3, -0.25) is 19.7 Å². The highest BCUT2D eigenvalue weighted by Gasteiger charge is 2.39. The smallest absolute Gasteiger partial charge is 0.255 e. The monoisotopic (exact) mass is 386 g/mol. The summed E-state index contributed by atoms with van der Waals surface area (Å²) in [6, 6.07) is 2.66. The summed E-state index contributed by atoms with van der Waals surface area (Å²) < 4.78 is 0. The van der Waals surface area contributed by atoms with Gasteiger partial charge in [-0.25, -0.2) is 0 Å². The minimum absolute atomic E-state index is 0.213. The van der Waals surface area contributed by atoms with E-state index in [4.69, 9.17) is 11.6 Å². The van der Waals surface area contributed by atoms with Gasteiger partial charge in [-0.15, -0.1) is 0 Å². The zero-order valence-corrected chi connectivity index (χ0v) is 15.5. The average Bonchev–Trinajstić information content (AvgIpc) is 2.95. The summed E-state index contributed by atoms with van der Waals surface area (Å²) in [5.41, 5.74) is 1.89. The van der Waals surface area contributed by atoms with Gasteiger partial charge in [-0.1, -0.05) is 23.4 Å². The van der Waals surface area contributed by atoms with E-state index >= 15 is 0 Å². The fourth-order valence-corrected chi connectivity index (χ4v) is 3.55. The van der Waals surface area contributed by atoms with Crippen LogP contribution in [-0.4, -0.2) is 34.9 Å². The Kier molecular flexibility index (Phi) is 5.92. The standard InChI is InChI=1S/C20H19ClN2O4/c21-14-10-13(6-4-2-1-3-5-9-24)16-12-23(20(27)15(16)11-14)17-7-8-18(25)22-19(17)26/h9-11,17H,1-3,5,7-8,12H2,(H,22,25,26). The van der Waals surface area contributed by atoms with Gasteiger partial charge in [0.05, 0.1) is 0 Å². The molecule has 1 saturated heterocycles. The molecule has 0 radical (unpaired) electrons. The number of nitrogens with one attached hydrogen (secondary N) is 1. The van der Waals surface area contributed by atoms with Crippen molar-refractivity contribution in [1.82, 2.24) is 10.2 Å². The number of halogens is 1. The fraction of sp³-hybridized carbons (Fsp3) is 0.400. The van der Waals surface area contributed by atoms with Crippen molar-refractivity contribution in [3.8, 4) is 11.8 Å². The Morgan fingerprint density at radius 2 is 2.07 bits per heavy atom. The van der Waals surface area contributed by atoms with Crippen LogP contribution in [0.4, 0.5) is 0 Å². The van der Waals surface area contributed by atoms with Gasteiger partial charge < -0.3 is 9.69 Å². The number of unbranched alkanes of at least 4 members (excludes halogenated alkanes) is 3. The number of rotatable bonds is 5. The van der Waals surface area contributed by atoms with Gasteiger partial charge >= 0.3 is 0 Å². The Labute approximate surface area is 162 Å². The van der Waals surface area contributed by atoms with Crippen LogP contribution < -0.4 is 5.32 Å². The summed E-state index contributed by atoms with van der Waals surface area (Å²) in [5, 5.41) is 2.70. The summed E-state index contributed by atoms with van der Waals surface area (Å²) in [6.07, 6.45) is 4.24. The van der Waals surface area contributed by atoms with E-state index in [0.29, 0.717) is 35.4 Å². The SMILES string of the molecule is O=CCCCCC#Cc1cc(Cl)cc2c1CN(C1CCC(=O)NC1=O)C2=O. The fourth-order valence-electron chi connectivity index (χ4n) is 3.34. The number of piperidine rings is 1. The second-order valence-corrected chi connectivity index (χ2v) is 7.03. The second kappa shape index (κ2) is 8.36. The van der Waals surface area contributed by atoms with Crippen molar-refractivity contribution in [2.45, 2.75) is 51.1 Å². The number of hydrogen-bond donors (Lipinski definition) is 1. The van der Waals surface area contributed by atoms with Crippen LogP contribution in [0.5, 0.6) is 0 Å². The molecule has 1 unspecified atom stereocenters. The average molecular weight is 387 g/mol. The molecule has 2 aliphatic heterocycles. The first-order valence-electron chi connectivity index (χ1n) is 8.91. The van der Waals surface area contributed by atoms with E-state index in [2.05, 4.69) is 17.2 Å². The third kappa shape index (κ3) is 4.20. The van der Waals surface area contributed by atoms with Crippen molar-refractivity contribution in [1.29, 1.82) is 0 Å². The van der Waals surface area contributed by atoms with Crippen molar-refractivity contribution < 1.29 is 19.2 Å². The molecule has 1 N–H and O–H groups in total. The number of carbonyl (C=O) groups is 4. The molecule has 1 atom stereocenters. The third-order valence-electron chi connectivity index (χ3n) is 4.72. The van der Waals surface area contributed by atoms with Crippen molar-refractivity contribution in [2.75, 3.05) is 0 Å². The molecule has 2 aliphatic rings. The first-order chi connectivity index (χ1) is 13.0. The van der Waals surface area contributed by atoms with E-state index < -0.39 is 11.9 Å². The number of imide groups is 1. The molecule has 1 aromatic carbocycles. The Morgan fingerprint density at radius 1 is 1.26 bits per heavy atom. The summed E-state index contributed by atoms with van der Waals surface area (Å²) in [6.45, 7) is 0.271. The maximum absolute atomic E-state index is 12.8. The molecule has 0 aromatic heterocycles. The van der Waals surface area contributed by atoms with Crippen LogP contribution in [0.25, 0.3) is 0 Å². The Balaban J connectivity index is 1.79. The predicted octanol–water partition coefficient (Wildman–Crippen LogP) is 2.21. The molecule has 7 heteroatoms. The van der Waals surface area contributed by atoms with Gasteiger partial charge in [0.2, 0.25) is 11.8 Å². The van der Waals surface area contributed by atoms with E-state index in [1.165, 1.54) is 4.90 Å². The molecule has 6 nitrogen and oxygen atoms in total. The van der Waals surface area contributed by atoms with Gasteiger partial charge in [0.1, 0.15) is 12.3 Å². The number of benzene rings is 1. The molecular weight excluding hydrogens is 368 g/mol. The van der Waals surface area contributed by atoms with E-state index in [-0.39, 0.29) is 24.8 Å². The summed E-state index contributed by atoms with van der Waals surface area (Å²) >= 11 is 6.16. The van der Waals surface area contributed by atoms with E-state index in [1.54, 1.807) is 12.1 Å². The molecule has 3 rings (SSSR count). The van der Waals surface area contributed by atoms with Crippen LogP contribution in [0.1, 0.15) is 60.0 Å². The third-order valence-corrected chi connectivity index (χ3v) is 4.94. The number of aldehydes is 1. The number of amides is 3. The van der Waals surface area contributed by atoms with Gasteiger partial charge in [0.25, 0.3) is 5.91 Å². The molecular formula is C20H19ClN2O4. The lowest BCUT2D eigenvalue weighted by Gasteiger charge is -2.29. The Bertz CT molecular complexity index is 869. The first kappa shape index (κ1) is 19.1. The van der Waals surface area contributed by atoms with Gasteiger partial charge in [0, 0.05) is 42.0 Å². The van der Waals surface area contributed by atoms with Gasteiger partial charge in [0.15, 0.2) is 0 Å². The minimum Gasteiger partial charge on any atom is -0.322 e. The quantitative estimate of drug-likeness (QED) is 0.364. The first-order valence-corrected chi connectivity index (χ1v) is 9.28. The molecule has 0 spiro atoms. The van der Waals surface area contributed by atoms with Crippen LogP contribution in [-0.2, 0) is 20.9 Å². The highest BCUT2D eigenvalue weighted by atomic mass is 35.5. The summed E-state index contributed by atoms with van der Waals surface area (Å²) in [7, 11) is 0. The molecule has 2 heterocycles. The van der Waals surface area contributed by atoms with E-state index in [1.807, 2.05) is 0 Å². The lowest BCUT2D eigenvalue weighted by atomic mass is 10.0. The Morgan fingerprint density at radius 3 is 2.81 bits per heavy atom. The van der Waals surface area contributed by atoms with Crippen molar-refractivity contribution in [3.63, 3.8) is 0 Å². The lowest BCUT2D eigenvalue weighted by molar-refractivity contribution is -0.136. The molecule has 3 amide bonds. The van der Waals surface area contributed by atoms with Crippen LogP contribution in [0.3, 0.4) is 0 Å². The molecule has 27 heavy (non-hydrogen) atoms. The maximum Gasteiger partial charge on any atom is 0.255 e. The van der Waals surface area contributed by atoms with Crippen LogP contribution >= 0.6 is 11.6 Å². The van der Waals surface area contributed by atoms with E-state index in [9.17, 15) is 19.2 Å². The molecule has 140 valence electrons. The molecule has 0 bridgehead atoms. The minimum atomic E-state index is -0.662. The molecule has 0 aliphatic carbocycles. The van der Waals surface area contributed by atoms with Crippen molar-refractivity contribution in [3.05, 3.63) is 33.8 Å². The van der Waals surface area contributed by atoms with Crippen LogP contribution in [0.15, 0.2) is 12.1 Å². The topological polar surface area (TPSA) is 83.6 Å². The lowest BCUT2D eigenvalue weighted by Crippen LogP contribution is -2.52.